The van der Waals surface area contributed by atoms with Gasteiger partial charge in [0.25, 0.3) is 0 Å². The molecule has 0 aliphatic carbocycles. The van der Waals surface area contributed by atoms with Crippen LogP contribution in [0.1, 0.15) is 28.8 Å². The normalized spacial score (nSPS) is 16.8. The lowest BCUT2D eigenvalue weighted by Crippen LogP contribution is -2.48. The minimum atomic E-state index is -4.46. The lowest BCUT2D eigenvalue weighted by atomic mass is 9.95. The minimum absolute atomic E-state index is 0.0533. The Morgan fingerprint density at radius 1 is 1.20 bits per heavy atom. The molecule has 7 nitrogen and oxygen atoms in total. The lowest BCUT2D eigenvalue weighted by Gasteiger charge is -2.41. The third-order valence-electron chi connectivity index (χ3n) is 5.92. The number of halogens is 3. The summed E-state index contributed by atoms with van der Waals surface area (Å²) in [6.07, 6.45) is -2.91. The van der Waals surface area contributed by atoms with Crippen LogP contribution in [0.5, 0.6) is 0 Å². The van der Waals surface area contributed by atoms with Gasteiger partial charge in [-0.15, -0.1) is 0 Å². The number of carbonyl (C=O) groups excluding carboxylic acids is 1. The molecule has 2 aromatic heterocycles. The second-order valence-electron chi connectivity index (χ2n) is 7.96. The van der Waals surface area contributed by atoms with Crippen LogP contribution in [0, 0.1) is 12.8 Å². The van der Waals surface area contributed by atoms with Crippen LogP contribution >= 0.6 is 0 Å². The molecule has 1 fully saturated rings. The molecule has 1 aromatic carbocycles. The Morgan fingerprint density at radius 3 is 2.73 bits per heavy atom. The zero-order chi connectivity index (χ0) is 21.0. The van der Waals surface area contributed by atoms with Gasteiger partial charge in [-0.25, -0.2) is 0 Å². The third-order valence-corrected chi connectivity index (χ3v) is 5.92. The average Bonchev–Trinajstić information content (AvgIpc) is 3.30. The molecule has 4 heterocycles. The molecule has 2 aliphatic heterocycles. The Labute approximate surface area is 169 Å². The van der Waals surface area contributed by atoms with Crippen molar-refractivity contribution in [3.05, 3.63) is 46.8 Å². The van der Waals surface area contributed by atoms with E-state index < -0.39 is 11.9 Å². The van der Waals surface area contributed by atoms with Gasteiger partial charge < -0.3 is 9.80 Å². The number of rotatable bonds is 3. The highest BCUT2D eigenvalue weighted by molar-refractivity contribution is 5.84. The SMILES string of the molecule is Cc1cc2n[nH]nc2c2c1CN(C(=O)CC1CN(c3ccnc(C(F)(F)F)c3)C1)C2. The number of pyridine rings is 1. The molecule has 1 amide bonds. The van der Waals surface area contributed by atoms with Gasteiger partial charge >= 0.3 is 6.18 Å². The van der Waals surface area contributed by atoms with E-state index in [0.717, 1.165) is 33.8 Å². The van der Waals surface area contributed by atoms with Crippen molar-refractivity contribution in [3.8, 4) is 0 Å². The fourth-order valence-electron chi connectivity index (χ4n) is 4.30. The molecule has 0 bridgehead atoms. The predicted octanol–water partition coefficient (Wildman–Crippen LogP) is 3.05. The van der Waals surface area contributed by atoms with Gasteiger partial charge in [0.15, 0.2) is 0 Å². The number of hydrogen-bond donors (Lipinski definition) is 1. The van der Waals surface area contributed by atoms with Crippen LogP contribution < -0.4 is 4.90 Å². The molecule has 1 N–H and O–H groups in total. The Kier molecular flexibility index (Phi) is 4.19. The van der Waals surface area contributed by atoms with Crippen LogP contribution in [0.15, 0.2) is 24.4 Å². The van der Waals surface area contributed by atoms with Gasteiger partial charge in [0.1, 0.15) is 16.7 Å². The first kappa shape index (κ1) is 18.8. The molecule has 1 saturated heterocycles. The second kappa shape index (κ2) is 6.68. The van der Waals surface area contributed by atoms with E-state index in [4.69, 9.17) is 0 Å². The summed E-state index contributed by atoms with van der Waals surface area (Å²) in [5.41, 5.74) is 4.44. The summed E-state index contributed by atoms with van der Waals surface area (Å²) in [5, 5.41) is 11.0. The Morgan fingerprint density at radius 2 is 1.97 bits per heavy atom. The van der Waals surface area contributed by atoms with Crippen molar-refractivity contribution in [1.29, 1.82) is 0 Å². The Balaban J connectivity index is 1.21. The summed E-state index contributed by atoms with van der Waals surface area (Å²) in [4.78, 5) is 19.9. The van der Waals surface area contributed by atoms with Crippen LogP contribution in [0.4, 0.5) is 18.9 Å². The maximum atomic E-state index is 12.9. The van der Waals surface area contributed by atoms with Crippen molar-refractivity contribution < 1.29 is 18.0 Å². The fourth-order valence-corrected chi connectivity index (χ4v) is 4.30. The number of fused-ring (bicyclic) bond motifs is 3. The van der Waals surface area contributed by atoms with Gasteiger partial charge in [-0.2, -0.15) is 28.6 Å². The van der Waals surface area contributed by atoms with Crippen molar-refractivity contribution in [1.82, 2.24) is 25.3 Å². The number of amides is 1. The minimum Gasteiger partial charge on any atom is -0.371 e. The lowest BCUT2D eigenvalue weighted by molar-refractivity contribution is -0.141. The van der Waals surface area contributed by atoms with Gasteiger partial charge in [-0.3, -0.25) is 9.78 Å². The van der Waals surface area contributed by atoms with E-state index in [2.05, 4.69) is 20.4 Å². The van der Waals surface area contributed by atoms with E-state index in [9.17, 15) is 18.0 Å². The van der Waals surface area contributed by atoms with E-state index >= 15 is 0 Å². The van der Waals surface area contributed by atoms with E-state index in [-0.39, 0.29) is 11.8 Å². The van der Waals surface area contributed by atoms with Crippen molar-refractivity contribution in [2.45, 2.75) is 32.6 Å². The molecule has 3 aromatic rings. The Hall–Kier alpha value is -3.17. The van der Waals surface area contributed by atoms with E-state index in [1.165, 1.54) is 6.20 Å². The van der Waals surface area contributed by atoms with E-state index in [1.54, 1.807) is 6.07 Å². The molecule has 0 radical (unpaired) electrons. The third kappa shape index (κ3) is 3.16. The summed E-state index contributed by atoms with van der Waals surface area (Å²) < 4.78 is 38.6. The van der Waals surface area contributed by atoms with Gasteiger partial charge in [-0.05, 0) is 36.2 Å². The molecule has 2 aliphatic rings. The van der Waals surface area contributed by atoms with Gasteiger partial charge in [0, 0.05) is 56.0 Å². The molecule has 0 unspecified atom stereocenters. The second-order valence-corrected chi connectivity index (χ2v) is 7.96. The summed E-state index contributed by atoms with van der Waals surface area (Å²) >= 11 is 0. The number of nitrogens with one attached hydrogen (secondary N) is 1. The fraction of sp³-hybridized carbons (Fsp3) is 0.400. The van der Waals surface area contributed by atoms with Crippen LogP contribution in [0.25, 0.3) is 11.0 Å². The summed E-state index contributed by atoms with van der Waals surface area (Å²) in [6, 6.07) is 4.59. The first-order valence-corrected chi connectivity index (χ1v) is 9.67. The number of aromatic nitrogens is 4. The highest BCUT2D eigenvalue weighted by Crippen LogP contribution is 2.34. The maximum Gasteiger partial charge on any atom is 0.433 e. The smallest absolute Gasteiger partial charge is 0.371 e. The van der Waals surface area contributed by atoms with E-state index in [0.29, 0.717) is 38.3 Å². The number of carbonyl (C=O) groups is 1. The number of alkyl halides is 3. The zero-order valence-corrected chi connectivity index (χ0v) is 16.2. The number of benzene rings is 1. The van der Waals surface area contributed by atoms with Crippen molar-refractivity contribution in [2.24, 2.45) is 5.92 Å². The van der Waals surface area contributed by atoms with Crippen molar-refractivity contribution in [2.75, 3.05) is 18.0 Å². The predicted molar refractivity (Wildman–Crippen MR) is 102 cm³/mol. The molecular weight excluding hydrogens is 397 g/mol. The van der Waals surface area contributed by atoms with Gasteiger partial charge in [0.2, 0.25) is 5.91 Å². The number of nitrogens with zero attached hydrogens (tertiary/aromatic N) is 5. The summed E-state index contributed by atoms with van der Waals surface area (Å²) in [6.45, 7) is 4.18. The topological polar surface area (TPSA) is 78.0 Å². The number of H-pyrrole nitrogens is 1. The zero-order valence-electron chi connectivity index (χ0n) is 16.2. The molecule has 156 valence electrons. The van der Waals surface area contributed by atoms with Crippen molar-refractivity contribution in [3.63, 3.8) is 0 Å². The molecule has 0 spiro atoms. The quantitative estimate of drug-likeness (QED) is 0.710. The van der Waals surface area contributed by atoms with E-state index in [1.807, 2.05) is 22.8 Å². The number of aromatic amines is 1. The van der Waals surface area contributed by atoms with Crippen LogP contribution in [0.2, 0.25) is 0 Å². The summed E-state index contributed by atoms with van der Waals surface area (Å²) in [7, 11) is 0. The molecule has 0 saturated carbocycles. The maximum absolute atomic E-state index is 12.9. The van der Waals surface area contributed by atoms with Crippen LogP contribution in [-0.4, -0.2) is 44.3 Å². The molecular formula is C20H19F3N6O. The molecule has 10 heteroatoms. The average molecular weight is 416 g/mol. The van der Waals surface area contributed by atoms with Crippen molar-refractivity contribution >= 4 is 22.6 Å². The number of anilines is 1. The number of aryl methyl sites for hydroxylation is 1. The molecule has 0 atom stereocenters. The largest absolute Gasteiger partial charge is 0.433 e. The summed E-state index contributed by atoms with van der Waals surface area (Å²) in [5.74, 6) is 0.175. The highest BCUT2D eigenvalue weighted by atomic mass is 19.4. The van der Waals surface area contributed by atoms with Gasteiger partial charge in [-0.1, -0.05) is 0 Å². The van der Waals surface area contributed by atoms with Gasteiger partial charge in [0.05, 0.1) is 0 Å². The first-order valence-electron chi connectivity index (χ1n) is 9.67. The standard InChI is InChI=1S/C20H19F3N6O/c1-11-4-16-19(26-27-25-16)15-10-29(9-14(11)15)18(30)5-12-7-28(8-12)13-2-3-24-17(6-13)20(21,22)23/h2-4,6,12H,5,7-10H2,1H3,(H,25,26,27). The first-order chi connectivity index (χ1) is 14.3. The monoisotopic (exact) mass is 416 g/mol. The van der Waals surface area contributed by atoms with Crippen LogP contribution in [-0.2, 0) is 24.1 Å². The Bertz CT molecular complexity index is 1140. The number of hydrogen-bond acceptors (Lipinski definition) is 5. The highest BCUT2D eigenvalue weighted by Gasteiger charge is 2.36. The molecule has 30 heavy (non-hydrogen) atoms. The molecule has 5 rings (SSSR count). The van der Waals surface area contributed by atoms with Crippen LogP contribution in [0.3, 0.4) is 0 Å².